The minimum absolute atomic E-state index is 0.0582. The molecule has 1 amide bonds. The van der Waals surface area contributed by atoms with Crippen molar-refractivity contribution >= 4 is 27.3 Å². The third-order valence-electron chi connectivity index (χ3n) is 5.60. The van der Waals surface area contributed by atoms with E-state index in [9.17, 15) is 13.2 Å². The van der Waals surface area contributed by atoms with Crippen molar-refractivity contribution in [2.24, 2.45) is 0 Å². The van der Waals surface area contributed by atoms with Crippen LogP contribution in [-0.2, 0) is 25.1 Å². The maximum atomic E-state index is 12.8. The van der Waals surface area contributed by atoms with Gasteiger partial charge >= 0.3 is 0 Å². The number of ether oxygens (including phenoxy) is 1. The van der Waals surface area contributed by atoms with Crippen molar-refractivity contribution in [1.29, 1.82) is 0 Å². The van der Waals surface area contributed by atoms with Crippen LogP contribution in [0.4, 0.5) is 11.4 Å². The molecule has 0 bridgehead atoms. The van der Waals surface area contributed by atoms with Crippen molar-refractivity contribution in [3.63, 3.8) is 0 Å². The summed E-state index contributed by atoms with van der Waals surface area (Å²) < 4.78 is 33.1. The molecule has 0 atom stereocenters. The first-order chi connectivity index (χ1) is 13.5. The summed E-state index contributed by atoms with van der Waals surface area (Å²) in [5.41, 5.74) is 1.04. The van der Waals surface area contributed by atoms with Crippen LogP contribution in [0.15, 0.2) is 48.8 Å². The van der Waals surface area contributed by atoms with Gasteiger partial charge in [-0.2, -0.15) is 0 Å². The highest BCUT2D eigenvalue weighted by Crippen LogP contribution is 2.33. The quantitative estimate of drug-likeness (QED) is 0.832. The summed E-state index contributed by atoms with van der Waals surface area (Å²) in [6.07, 6.45) is 6.61. The molecule has 2 saturated heterocycles. The first-order valence-electron chi connectivity index (χ1n) is 9.60. The lowest BCUT2D eigenvalue weighted by molar-refractivity contribution is -0.119. The van der Waals surface area contributed by atoms with Crippen molar-refractivity contribution in [2.75, 3.05) is 35.1 Å². The number of carbonyl (C=O) groups is 1. The third-order valence-corrected chi connectivity index (χ3v) is 7.47. The number of nitrogens with zero attached hydrogens (tertiary/aromatic N) is 2. The molecule has 1 aromatic carbocycles. The zero-order chi connectivity index (χ0) is 19.6. The average Bonchev–Trinajstić information content (AvgIpc) is 3.33. The molecule has 28 heavy (non-hydrogen) atoms. The lowest BCUT2D eigenvalue weighted by Gasteiger charge is -2.38. The van der Waals surface area contributed by atoms with Gasteiger partial charge in [-0.15, -0.1) is 0 Å². The molecule has 150 valence electrons. The Labute approximate surface area is 165 Å². The molecule has 2 fully saturated rings. The standard InChI is InChI=1S/C20H25N3O4S/c24-19(16-20(8-13-27-14-9-20)22-10-1-2-11-22)21-17-4-6-18(7-5-17)23-12-3-15-28(23,25)26/h1-2,4-7,10-11H,3,8-9,12-16H2,(H,21,24). The minimum atomic E-state index is -3.20. The Bertz CT molecular complexity index is 917. The van der Waals surface area contributed by atoms with E-state index in [-0.39, 0.29) is 17.2 Å². The number of hydrogen-bond donors (Lipinski definition) is 1. The van der Waals surface area contributed by atoms with E-state index in [4.69, 9.17) is 4.74 Å². The van der Waals surface area contributed by atoms with Gasteiger partial charge in [0.1, 0.15) is 0 Å². The summed E-state index contributed by atoms with van der Waals surface area (Å²) in [5.74, 6) is 0.133. The van der Waals surface area contributed by atoms with Crippen LogP contribution < -0.4 is 9.62 Å². The van der Waals surface area contributed by atoms with Crippen molar-refractivity contribution < 1.29 is 17.9 Å². The van der Waals surface area contributed by atoms with Crippen LogP contribution in [0, 0.1) is 0 Å². The summed E-state index contributed by atoms with van der Waals surface area (Å²) in [6, 6.07) is 10.9. The smallest absolute Gasteiger partial charge is 0.235 e. The van der Waals surface area contributed by atoms with Gasteiger partial charge in [-0.25, -0.2) is 8.42 Å². The zero-order valence-corrected chi connectivity index (χ0v) is 16.5. The summed E-state index contributed by atoms with van der Waals surface area (Å²) in [4.78, 5) is 12.8. The van der Waals surface area contributed by atoms with Crippen molar-refractivity contribution in [2.45, 2.75) is 31.2 Å². The largest absolute Gasteiger partial charge is 0.381 e. The highest BCUT2D eigenvalue weighted by atomic mass is 32.2. The number of nitrogens with one attached hydrogen (secondary N) is 1. The molecular formula is C20H25N3O4S. The van der Waals surface area contributed by atoms with Gasteiger partial charge in [-0.3, -0.25) is 9.10 Å². The zero-order valence-electron chi connectivity index (χ0n) is 15.7. The molecule has 3 heterocycles. The lowest BCUT2D eigenvalue weighted by atomic mass is 9.86. The van der Waals surface area contributed by atoms with Gasteiger partial charge in [0.15, 0.2) is 0 Å². The van der Waals surface area contributed by atoms with E-state index in [0.717, 1.165) is 12.8 Å². The van der Waals surface area contributed by atoms with Gasteiger partial charge < -0.3 is 14.6 Å². The molecule has 0 spiro atoms. The number of amides is 1. The molecule has 1 N–H and O–H groups in total. The van der Waals surface area contributed by atoms with Crippen LogP contribution in [0.3, 0.4) is 0 Å². The Morgan fingerprint density at radius 1 is 1.11 bits per heavy atom. The summed E-state index contributed by atoms with van der Waals surface area (Å²) in [5, 5.41) is 2.95. The molecule has 0 aliphatic carbocycles. The molecule has 8 heteroatoms. The molecule has 7 nitrogen and oxygen atoms in total. The molecule has 4 rings (SSSR count). The summed E-state index contributed by atoms with van der Waals surface area (Å²) in [7, 11) is -3.20. The summed E-state index contributed by atoms with van der Waals surface area (Å²) in [6.45, 7) is 1.80. The van der Waals surface area contributed by atoms with Crippen molar-refractivity contribution in [1.82, 2.24) is 4.57 Å². The first-order valence-corrected chi connectivity index (χ1v) is 11.2. The number of carbonyl (C=O) groups excluding carboxylic acids is 1. The molecule has 0 radical (unpaired) electrons. The first kappa shape index (κ1) is 19.0. The van der Waals surface area contributed by atoms with Gasteiger partial charge in [0, 0.05) is 37.8 Å². The van der Waals surface area contributed by atoms with E-state index in [1.54, 1.807) is 24.3 Å². The predicted octanol–water partition coefficient (Wildman–Crippen LogP) is 2.56. The second-order valence-corrected chi connectivity index (χ2v) is 9.45. The fraction of sp³-hybridized carbons (Fsp3) is 0.450. The molecule has 2 aliphatic heterocycles. The second kappa shape index (κ2) is 7.60. The lowest BCUT2D eigenvalue weighted by Crippen LogP contribution is -2.42. The highest BCUT2D eigenvalue weighted by Gasteiger charge is 2.36. The normalized spacial score (nSPS) is 20.8. The van der Waals surface area contributed by atoms with Gasteiger partial charge in [0.25, 0.3) is 0 Å². The number of aromatic nitrogens is 1. The van der Waals surface area contributed by atoms with Crippen molar-refractivity contribution in [3.05, 3.63) is 48.8 Å². The van der Waals surface area contributed by atoms with Crippen LogP contribution >= 0.6 is 0 Å². The maximum Gasteiger partial charge on any atom is 0.235 e. The van der Waals surface area contributed by atoms with Crippen molar-refractivity contribution in [3.8, 4) is 0 Å². The van der Waals surface area contributed by atoms with E-state index in [2.05, 4.69) is 9.88 Å². The topological polar surface area (TPSA) is 80.6 Å². The van der Waals surface area contributed by atoms with Crippen LogP contribution in [0.1, 0.15) is 25.7 Å². The highest BCUT2D eigenvalue weighted by molar-refractivity contribution is 7.93. The number of sulfonamides is 1. The fourth-order valence-corrected chi connectivity index (χ4v) is 5.64. The monoisotopic (exact) mass is 403 g/mol. The maximum absolute atomic E-state index is 12.8. The van der Waals surface area contributed by atoms with Crippen LogP contribution in [0.25, 0.3) is 0 Å². The Hall–Kier alpha value is -2.32. The number of benzene rings is 1. The molecular weight excluding hydrogens is 378 g/mol. The minimum Gasteiger partial charge on any atom is -0.381 e. The Balaban J connectivity index is 1.44. The number of anilines is 2. The summed E-state index contributed by atoms with van der Waals surface area (Å²) >= 11 is 0. The Kier molecular flexibility index (Phi) is 5.16. The molecule has 2 aromatic rings. The Morgan fingerprint density at radius 2 is 1.79 bits per heavy atom. The van der Waals surface area contributed by atoms with E-state index in [0.29, 0.717) is 44.0 Å². The molecule has 0 unspecified atom stereocenters. The second-order valence-electron chi connectivity index (χ2n) is 7.44. The Morgan fingerprint density at radius 3 is 2.39 bits per heavy atom. The van der Waals surface area contributed by atoms with Gasteiger partial charge in [-0.1, -0.05) is 0 Å². The van der Waals surface area contributed by atoms with Crippen LogP contribution in [0.5, 0.6) is 0 Å². The van der Waals surface area contributed by atoms with Gasteiger partial charge in [0.05, 0.1) is 23.4 Å². The number of hydrogen-bond acceptors (Lipinski definition) is 4. The SMILES string of the molecule is O=C(CC1(n2cccc2)CCOCC1)Nc1ccc(N2CCCS2(=O)=O)cc1. The van der Waals surface area contributed by atoms with E-state index in [1.807, 2.05) is 24.5 Å². The van der Waals surface area contributed by atoms with Gasteiger partial charge in [-0.05, 0) is 55.7 Å². The van der Waals surface area contributed by atoms with E-state index >= 15 is 0 Å². The van der Waals surface area contributed by atoms with Crippen LogP contribution in [-0.4, -0.2) is 44.4 Å². The number of rotatable bonds is 5. The fourth-order valence-electron chi connectivity index (χ4n) is 4.07. The molecule has 2 aliphatic rings. The van der Waals surface area contributed by atoms with E-state index < -0.39 is 10.0 Å². The molecule has 1 aromatic heterocycles. The van der Waals surface area contributed by atoms with Crippen LogP contribution in [0.2, 0.25) is 0 Å². The third kappa shape index (κ3) is 3.79. The predicted molar refractivity (Wildman–Crippen MR) is 108 cm³/mol. The van der Waals surface area contributed by atoms with E-state index in [1.165, 1.54) is 4.31 Å². The average molecular weight is 404 g/mol. The molecule has 0 saturated carbocycles. The van der Waals surface area contributed by atoms with Gasteiger partial charge in [0.2, 0.25) is 15.9 Å².